The standard InChI is InChI=1S/C11H13ClN2O3/c12-5-10(15)14-6-9(11(13)16)17-8-4-2-1-3-7(8)14/h1-4,9-10,15H,5-6H2,(H2,13,16). The van der Waals surface area contributed by atoms with Crippen LogP contribution in [0.25, 0.3) is 0 Å². The third-order valence-electron chi connectivity index (χ3n) is 2.62. The molecule has 2 atom stereocenters. The molecule has 3 N–H and O–H groups in total. The van der Waals surface area contributed by atoms with Crippen LogP contribution >= 0.6 is 11.6 Å². The molecule has 1 aliphatic heterocycles. The van der Waals surface area contributed by atoms with E-state index in [0.717, 1.165) is 0 Å². The first-order chi connectivity index (χ1) is 8.13. The highest BCUT2D eigenvalue weighted by Crippen LogP contribution is 2.34. The van der Waals surface area contributed by atoms with Crippen molar-refractivity contribution in [1.82, 2.24) is 0 Å². The van der Waals surface area contributed by atoms with Crippen molar-refractivity contribution in [2.75, 3.05) is 17.3 Å². The number of fused-ring (bicyclic) bond motifs is 1. The summed E-state index contributed by atoms with van der Waals surface area (Å²) in [5.41, 5.74) is 5.93. The SMILES string of the molecule is NC(=O)C1CN(C(O)CCl)c2ccccc2O1. The fraction of sp³-hybridized carbons (Fsp3) is 0.364. The molecule has 1 aromatic carbocycles. The summed E-state index contributed by atoms with van der Waals surface area (Å²) in [7, 11) is 0. The predicted molar refractivity (Wildman–Crippen MR) is 64.1 cm³/mol. The van der Waals surface area contributed by atoms with E-state index in [2.05, 4.69) is 0 Å². The Balaban J connectivity index is 2.35. The van der Waals surface area contributed by atoms with Crippen molar-refractivity contribution in [3.63, 3.8) is 0 Å². The summed E-state index contributed by atoms with van der Waals surface area (Å²) < 4.78 is 5.45. The van der Waals surface area contributed by atoms with Gasteiger partial charge >= 0.3 is 0 Å². The van der Waals surface area contributed by atoms with Gasteiger partial charge in [0.25, 0.3) is 5.91 Å². The quantitative estimate of drug-likeness (QED) is 0.763. The smallest absolute Gasteiger partial charge is 0.260 e. The van der Waals surface area contributed by atoms with E-state index in [1.807, 2.05) is 6.07 Å². The van der Waals surface area contributed by atoms with Gasteiger partial charge in [-0.05, 0) is 12.1 Å². The number of carbonyl (C=O) groups excluding carboxylic acids is 1. The highest BCUT2D eigenvalue weighted by Gasteiger charge is 2.31. The van der Waals surface area contributed by atoms with Crippen LogP contribution in [0.5, 0.6) is 5.75 Å². The van der Waals surface area contributed by atoms with Gasteiger partial charge in [-0.2, -0.15) is 0 Å². The van der Waals surface area contributed by atoms with Crippen LogP contribution in [0.2, 0.25) is 0 Å². The van der Waals surface area contributed by atoms with Gasteiger partial charge < -0.3 is 20.5 Å². The average Bonchev–Trinajstić information content (AvgIpc) is 2.36. The van der Waals surface area contributed by atoms with E-state index in [-0.39, 0.29) is 12.4 Å². The van der Waals surface area contributed by atoms with Gasteiger partial charge in [-0.3, -0.25) is 4.79 Å². The number of nitrogens with two attached hydrogens (primary N) is 1. The molecule has 0 aromatic heterocycles. The number of alkyl halides is 1. The molecule has 2 unspecified atom stereocenters. The van der Waals surface area contributed by atoms with E-state index >= 15 is 0 Å². The van der Waals surface area contributed by atoms with Crippen LogP contribution < -0.4 is 15.4 Å². The molecule has 0 bridgehead atoms. The molecule has 1 amide bonds. The lowest BCUT2D eigenvalue weighted by atomic mass is 10.1. The molecule has 92 valence electrons. The third kappa shape index (κ3) is 2.30. The number of aliphatic hydroxyl groups is 1. The number of nitrogens with zero attached hydrogens (tertiary/aromatic N) is 1. The van der Waals surface area contributed by atoms with Crippen LogP contribution in [0, 0.1) is 0 Å². The Morgan fingerprint density at radius 1 is 1.65 bits per heavy atom. The van der Waals surface area contributed by atoms with Gasteiger partial charge in [0.05, 0.1) is 18.1 Å². The van der Waals surface area contributed by atoms with Gasteiger partial charge in [0.15, 0.2) is 6.10 Å². The fourth-order valence-corrected chi connectivity index (χ4v) is 1.94. The van der Waals surface area contributed by atoms with Crippen LogP contribution in [0.3, 0.4) is 0 Å². The lowest BCUT2D eigenvalue weighted by Crippen LogP contribution is -2.51. The molecular formula is C11H13ClN2O3. The number of para-hydroxylation sites is 2. The van der Waals surface area contributed by atoms with Crippen molar-refractivity contribution in [1.29, 1.82) is 0 Å². The molecule has 0 fully saturated rings. The van der Waals surface area contributed by atoms with Crippen LogP contribution in [0.1, 0.15) is 0 Å². The van der Waals surface area contributed by atoms with Gasteiger partial charge in [-0.15, -0.1) is 11.6 Å². The molecule has 5 nitrogen and oxygen atoms in total. The lowest BCUT2D eigenvalue weighted by Gasteiger charge is -2.37. The summed E-state index contributed by atoms with van der Waals surface area (Å²) in [5, 5.41) is 9.82. The van der Waals surface area contributed by atoms with Gasteiger partial charge in [0.2, 0.25) is 0 Å². The predicted octanol–water partition coefficient (Wildman–Crippen LogP) is 0.297. The lowest BCUT2D eigenvalue weighted by molar-refractivity contribution is -0.124. The van der Waals surface area contributed by atoms with Crippen LogP contribution in [-0.4, -0.2) is 35.8 Å². The number of rotatable bonds is 3. The van der Waals surface area contributed by atoms with E-state index < -0.39 is 18.2 Å². The summed E-state index contributed by atoms with van der Waals surface area (Å²) in [6, 6.07) is 7.12. The van der Waals surface area contributed by atoms with E-state index in [0.29, 0.717) is 11.4 Å². The molecule has 17 heavy (non-hydrogen) atoms. The topological polar surface area (TPSA) is 75.8 Å². The maximum absolute atomic E-state index is 11.2. The molecular weight excluding hydrogens is 244 g/mol. The number of carbonyl (C=O) groups is 1. The van der Waals surface area contributed by atoms with Crippen molar-refractivity contribution in [2.24, 2.45) is 5.73 Å². The first-order valence-electron chi connectivity index (χ1n) is 5.19. The molecule has 0 saturated carbocycles. The maximum Gasteiger partial charge on any atom is 0.260 e. The molecule has 0 spiro atoms. The highest BCUT2D eigenvalue weighted by molar-refractivity contribution is 6.18. The molecule has 0 saturated heterocycles. The largest absolute Gasteiger partial charge is 0.477 e. The van der Waals surface area contributed by atoms with Crippen molar-refractivity contribution < 1.29 is 14.6 Å². The van der Waals surface area contributed by atoms with Gasteiger partial charge in [-0.1, -0.05) is 12.1 Å². The Kier molecular flexibility index (Phi) is 3.40. The number of halogens is 1. The number of primary amides is 1. The minimum absolute atomic E-state index is 0.0415. The summed E-state index contributed by atoms with van der Waals surface area (Å²) in [5.74, 6) is -0.00204. The molecule has 1 heterocycles. The Labute approximate surface area is 104 Å². The Hall–Kier alpha value is -1.46. The second-order valence-corrected chi connectivity index (χ2v) is 4.07. The van der Waals surface area contributed by atoms with E-state index in [1.165, 1.54) is 0 Å². The molecule has 6 heteroatoms. The monoisotopic (exact) mass is 256 g/mol. The van der Waals surface area contributed by atoms with E-state index in [9.17, 15) is 9.90 Å². The molecule has 1 aromatic rings. The van der Waals surface area contributed by atoms with Crippen molar-refractivity contribution in [2.45, 2.75) is 12.3 Å². The van der Waals surface area contributed by atoms with Crippen molar-refractivity contribution in [3.8, 4) is 5.75 Å². The Morgan fingerprint density at radius 2 is 2.35 bits per heavy atom. The summed E-state index contributed by atoms with van der Waals surface area (Å²) >= 11 is 5.63. The number of ether oxygens (including phenoxy) is 1. The number of hydrogen-bond donors (Lipinski definition) is 2. The normalized spacial score (nSPS) is 20.4. The third-order valence-corrected chi connectivity index (χ3v) is 2.90. The molecule has 2 rings (SSSR count). The van der Waals surface area contributed by atoms with E-state index in [1.54, 1.807) is 23.1 Å². The number of anilines is 1. The minimum Gasteiger partial charge on any atom is -0.477 e. The highest BCUT2D eigenvalue weighted by atomic mass is 35.5. The summed E-state index contributed by atoms with van der Waals surface area (Å²) in [4.78, 5) is 12.8. The molecule has 0 aliphatic carbocycles. The van der Waals surface area contributed by atoms with Crippen molar-refractivity contribution in [3.05, 3.63) is 24.3 Å². The minimum atomic E-state index is -0.872. The Morgan fingerprint density at radius 3 is 3.00 bits per heavy atom. The average molecular weight is 257 g/mol. The zero-order chi connectivity index (χ0) is 12.4. The van der Waals surface area contributed by atoms with Gasteiger partial charge in [0, 0.05) is 0 Å². The first-order valence-corrected chi connectivity index (χ1v) is 5.72. The zero-order valence-electron chi connectivity index (χ0n) is 9.04. The number of hydrogen-bond acceptors (Lipinski definition) is 4. The number of aliphatic hydroxyl groups excluding tert-OH is 1. The van der Waals surface area contributed by atoms with Crippen molar-refractivity contribution >= 4 is 23.2 Å². The summed E-state index contributed by atoms with van der Waals surface area (Å²) in [6.07, 6.45) is -1.65. The number of amides is 1. The zero-order valence-corrected chi connectivity index (χ0v) is 9.80. The van der Waals surface area contributed by atoms with E-state index in [4.69, 9.17) is 22.1 Å². The molecule has 0 radical (unpaired) electrons. The second-order valence-electron chi connectivity index (χ2n) is 3.76. The first kappa shape index (κ1) is 12.0. The van der Waals surface area contributed by atoms with Crippen LogP contribution in [0.15, 0.2) is 24.3 Å². The van der Waals surface area contributed by atoms with Gasteiger partial charge in [0.1, 0.15) is 12.0 Å². The molecule has 1 aliphatic rings. The van der Waals surface area contributed by atoms with Gasteiger partial charge in [-0.25, -0.2) is 0 Å². The number of benzene rings is 1. The second kappa shape index (κ2) is 4.81. The Bertz CT molecular complexity index is 427. The van der Waals surface area contributed by atoms with Crippen LogP contribution in [-0.2, 0) is 4.79 Å². The maximum atomic E-state index is 11.2. The van der Waals surface area contributed by atoms with Crippen LogP contribution in [0.4, 0.5) is 5.69 Å². The summed E-state index contributed by atoms with van der Waals surface area (Å²) in [6.45, 7) is 0.195. The fourth-order valence-electron chi connectivity index (χ4n) is 1.78.